The van der Waals surface area contributed by atoms with Crippen molar-refractivity contribution in [1.29, 1.82) is 0 Å². The second-order valence-electron chi connectivity index (χ2n) is 4.54. The largest absolute Gasteiger partial charge is 0.406 e. The van der Waals surface area contributed by atoms with Crippen LogP contribution in [0.4, 0.5) is 18.0 Å². The number of amides is 3. The third kappa shape index (κ3) is 2.99. The summed E-state index contributed by atoms with van der Waals surface area (Å²) < 4.78 is 59.6. The second kappa shape index (κ2) is 4.36. The molecule has 0 spiro atoms. The van der Waals surface area contributed by atoms with Crippen molar-refractivity contribution >= 4 is 21.8 Å². The highest BCUT2D eigenvalue weighted by atomic mass is 32.2. The number of urea groups is 1. The van der Waals surface area contributed by atoms with Crippen molar-refractivity contribution in [3.63, 3.8) is 0 Å². The Morgan fingerprint density at radius 2 is 1.89 bits per heavy atom. The SMILES string of the molecule is O=C1CC2CS(=O)(=O)CCN2C(=O)N1CC(F)(F)F. The molecule has 0 radical (unpaired) electrons. The quantitative estimate of drug-likeness (QED) is 0.683. The van der Waals surface area contributed by atoms with E-state index in [2.05, 4.69) is 0 Å². The first-order valence-electron chi connectivity index (χ1n) is 5.47. The number of hydrogen-bond donors (Lipinski definition) is 0. The Balaban J connectivity index is 2.18. The Labute approximate surface area is 107 Å². The molecule has 3 amide bonds. The van der Waals surface area contributed by atoms with Gasteiger partial charge in [0.15, 0.2) is 9.84 Å². The molecule has 2 fully saturated rings. The highest BCUT2D eigenvalue weighted by Crippen LogP contribution is 2.26. The first-order valence-corrected chi connectivity index (χ1v) is 7.29. The first kappa shape index (κ1) is 14.1. The Kier molecular flexibility index (Phi) is 3.23. The van der Waals surface area contributed by atoms with Gasteiger partial charge in [-0.15, -0.1) is 0 Å². The zero-order valence-electron chi connectivity index (χ0n) is 9.68. The smallest absolute Gasteiger partial charge is 0.319 e. The zero-order chi connectivity index (χ0) is 14.4. The number of imide groups is 1. The van der Waals surface area contributed by atoms with Gasteiger partial charge in [0.2, 0.25) is 5.91 Å². The van der Waals surface area contributed by atoms with E-state index in [1.165, 1.54) is 0 Å². The Bertz CT molecular complexity index is 516. The second-order valence-corrected chi connectivity index (χ2v) is 6.77. The molecule has 0 aromatic rings. The number of hydrogen-bond acceptors (Lipinski definition) is 4. The number of alkyl halides is 3. The fourth-order valence-electron chi connectivity index (χ4n) is 2.22. The maximum Gasteiger partial charge on any atom is 0.406 e. The van der Waals surface area contributed by atoms with E-state index in [1.54, 1.807) is 0 Å². The predicted molar refractivity (Wildman–Crippen MR) is 56.9 cm³/mol. The molecule has 0 aromatic heterocycles. The van der Waals surface area contributed by atoms with Crippen LogP contribution in [0.1, 0.15) is 6.42 Å². The van der Waals surface area contributed by atoms with Crippen LogP contribution in [0.5, 0.6) is 0 Å². The molecular weight excluding hydrogens is 289 g/mol. The molecule has 108 valence electrons. The molecule has 1 unspecified atom stereocenters. The average Bonchev–Trinajstić information content (AvgIpc) is 2.21. The molecule has 0 saturated carbocycles. The van der Waals surface area contributed by atoms with Crippen LogP contribution >= 0.6 is 0 Å². The van der Waals surface area contributed by atoms with E-state index in [0.717, 1.165) is 4.90 Å². The molecule has 1 atom stereocenters. The minimum Gasteiger partial charge on any atom is -0.319 e. The lowest BCUT2D eigenvalue weighted by molar-refractivity contribution is -0.159. The molecule has 0 bridgehead atoms. The highest BCUT2D eigenvalue weighted by molar-refractivity contribution is 7.91. The van der Waals surface area contributed by atoms with Gasteiger partial charge in [0.25, 0.3) is 0 Å². The fraction of sp³-hybridized carbons (Fsp3) is 0.778. The van der Waals surface area contributed by atoms with Gasteiger partial charge in [-0.1, -0.05) is 0 Å². The summed E-state index contributed by atoms with van der Waals surface area (Å²) in [5, 5.41) is 0. The maximum absolute atomic E-state index is 12.3. The first-order chi connectivity index (χ1) is 8.59. The summed E-state index contributed by atoms with van der Waals surface area (Å²) in [6, 6.07) is -1.91. The summed E-state index contributed by atoms with van der Waals surface area (Å²) in [5.74, 6) is -1.64. The zero-order valence-corrected chi connectivity index (χ0v) is 10.5. The normalized spacial score (nSPS) is 27.4. The van der Waals surface area contributed by atoms with Gasteiger partial charge in [-0.2, -0.15) is 13.2 Å². The Hall–Kier alpha value is -1.32. The summed E-state index contributed by atoms with van der Waals surface area (Å²) >= 11 is 0. The van der Waals surface area contributed by atoms with Crippen molar-refractivity contribution in [3.05, 3.63) is 0 Å². The van der Waals surface area contributed by atoms with Gasteiger partial charge in [-0.05, 0) is 0 Å². The van der Waals surface area contributed by atoms with Gasteiger partial charge in [0, 0.05) is 13.0 Å². The molecule has 6 nitrogen and oxygen atoms in total. The molecule has 0 aromatic carbocycles. The Morgan fingerprint density at radius 3 is 2.47 bits per heavy atom. The van der Waals surface area contributed by atoms with E-state index < -0.39 is 40.5 Å². The van der Waals surface area contributed by atoms with Gasteiger partial charge in [-0.25, -0.2) is 13.2 Å². The molecule has 2 aliphatic heterocycles. The molecule has 2 heterocycles. The standard InChI is InChI=1S/C9H11F3N2O4S/c10-9(11,12)5-14-7(15)3-6-4-19(17,18)2-1-13(6)8(14)16/h6H,1-5H2. The molecule has 2 saturated heterocycles. The lowest BCUT2D eigenvalue weighted by Gasteiger charge is -2.42. The highest BCUT2D eigenvalue weighted by Gasteiger charge is 2.46. The van der Waals surface area contributed by atoms with E-state index in [9.17, 15) is 31.2 Å². The molecular formula is C9H11F3N2O4S. The van der Waals surface area contributed by atoms with Crippen LogP contribution < -0.4 is 0 Å². The van der Waals surface area contributed by atoms with Crippen molar-refractivity contribution in [2.24, 2.45) is 0 Å². The van der Waals surface area contributed by atoms with E-state index in [-0.39, 0.29) is 29.4 Å². The lowest BCUT2D eigenvalue weighted by atomic mass is 10.1. The van der Waals surface area contributed by atoms with Crippen molar-refractivity contribution in [3.8, 4) is 0 Å². The van der Waals surface area contributed by atoms with Gasteiger partial charge in [-0.3, -0.25) is 9.69 Å². The monoisotopic (exact) mass is 300 g/mol. The van der Waals surface area contributed by atoms with Crippen LogP contribution in [0.3, 0.4) is 0 Å². The summed E-state index contributed by atoms with van der Waals surface area (Å²) in [7, 11) is -3.34. The topological polar surface area (TPSA) is 74.8 Å². The van der Waals surface area contributed by atoms with E-state index in [4.69, 9.17) is 0 Å². The van der Waals surface area contributed by atoms with Crippen LogP contribution in [-0.2, 0) is 14.6 Å². The molecule has 2 rings (SSSR count). The summed E-state index contributed by atoms with van der Waals surface area (Å²) in [4.78, 5) is 24.5. The van der Waals surface area contributed by atoms with Crippen molar-refractivity contribution in [2.45, 2.75) is 18.6 Å². The maximum atomic E-state index is 12.3. The number of fused-ring (bicyclic) bond motifs is 1. The number of halogens is 3. The van der Waals surface area contributed by atoms with Gasteiger partial charge >= 0.3 is 12.2 Å². The van der Waals surface area contributed by atoms with Crippen molar-refractivity contribution in [2.75, 3.05) is 24.6 Å². The van der Waals surface area contributed by atoms with Gasteiger partial charge in [0.1, 0.15) is 6.54 Å². The molecule has 2 aliphatic rings. The minimum atomic E-state index is -4.67. The summed E-state index contributed by atoms with van der Waals surface area (Å²) in [6.45, 7) is -1.81. The number of carbonyl (C=O) groups excluding carboxylic acids is 2. The summed E-state index contributed by atoms with van der Waals surface area (Å²) in [5.41, 5.74) is 0. The van der Waals surface area contributed by atoms with E-state index in [1.807, 2.05) is 0 Å². The van der Waals surface area contributed by atoms with Crippen LogP contribution in [0.2, 0.25) is 0 Å². The minimum absolute atomic E-state index is 0.133. The predicted octanol–water partition coefficient (Wildman–Crippen LogP) is 0.000000000000000666. The van der Waals surface area contributed by atoms with Crippen LogP contribution in [-0.4, -0.2) is 67.0 Å². The summed E-state index contributed by atoms with van der Waals surface area (Å²) in [6.07, 6.45) is -5.05. The van der Waals surface area contributed by atoms with E-state index in [0.29, 0.717) is 0 Å². The molecule has 19 heavy (non-hydrogen) atoms. The third-order valence-corrected chi connectivity index (χ3v) is 4.75. The van der Waals surface area contributed by atoms with Crippen molar-refractivity contribution in [1.82, 2.24) is 9.80 Å². The number of rotatable bonds is 1. The fourth-order valence-corrected chi connectivity index (χ4v) is 3.74. The number of sulfone groups is 1. The van der Waals surface area contributed by atoms with Crippen LogP contribution in [0.15, 0.2) is 0 Å². The van der Waals surface area contributed by atoms with Crippen LogP contribution in [0.25, 0.3) is 0 Å². The third-order valence-electron chi connectivity index (χ3n) is 3.06. The van der Waals surface area contributed by atoms with Gasteiger partial charge < -0.3 is 4.90 Å². The molecule has 0 aliphatic carbocycles. The average molecular weight is 300 g/mol. The Morgan fingerprint density at radius 1 is 1.26 bits per heavy atom. The van der Waals surface area contributed by atoms with E-state index >= 15 is 0 Å². The number of nitrogens with zero attached hydrogens (tertiary/aromatic N) is 2. The number of carbonyl (C=O) groups is 2. The van der Waals surface area contributed by atoms with Crippen LogP contribution in [0, 0.1) is 0 Å². The molecule has 10 heteroatoms. The molecule has 0 N–H and O–H groups in total. The van der Waals surface area contributed by atoms with Gasteiger partial charge in [0.05, 0.1) is 17.5 Å². The van der Waals surface area contributed by atoms with Crippen molar-refractivity contribution < 1.29 is 31.2 Å². The lowest BCUT2D eigenvalue weighted by Crippen LogP contribution is -2.63.